The summed E-state index contributed by atoms with van der Waals surface area (Å²) >= 11 is 0. The van der Waals surface area contributed by atoms with Crippen LogP contribution in [-0.2, 0) is 17.5 Å². The Kier molecular flexibility index (Phi) is 6.57. The number of carbonyl (C=O) groups excluding carboxylic acids is 2. The largest absolute Gasteiger partial charge is 0.418 e. The molecule has 188 valence electrons. The molecule has 0 saturated heterocycles. The van der Waals surface area contributed by atoms with Crippen LogP contribution in [0.5, 0.6) is 0 Å². The number of benzene rings is 1. The summed E-state index contributed by atoms with van der Waals surface area (Å²) in [4.78, 5) is 36.7. The van der Waals surface area contributed by atoms with Crippen LogP contribution in [0.15, 0.2) is 42.9 Å². The minimum Gasteiger partial charge on any atom is -0.351 e. The van der Waals surface area contributed by atoms with Crippen LogP contribution in [0.25, 0.3) is 0 Å². The van der Waals surface area contributed by atoms with Gasteiger partial charge in [0.05, 0.1) is 40.9 Å². The van der Waals surface area contributed by atoms with Crippen molar-refractivity contribution in [1.82, 2.24) is 25.6 Å². The van der Waals surface area contributed by atoms with E-state index in [0.29, 0.717) is 24.7 Å². The number of anilines is 2. The van der Waals surface area contributed by atoms with Crippen LogP contribution >= 0.6 is 0 Å². The Balaban J connectivity index is 1.40. The summed E-state index contributed by atoms with van der Waals surface area (Å²) in [6.45, 7) is 1.32. The molecule has 1 saturated carbocycles. The molecule has 2 aromatic heterocycles. The summed E-state index contributed by atoms with van der Waals surface area (Å²) < 4.78 is 68.1. The fourth-order valence-corrected chi connectivity index (χ4v) is 3.36. The number of amides is 2. The molecule has 36 heavy (non-hydrogen) atoms. The predicted molar refractivity (Wildman–Crippen MR) is 117 cm³/mol. The number of alkyl halides is 3. The van der Waals surface area contributed by atoms with Crippen molar-refractivity contribution in [2.75, 3.05) is 5.32 Å². The minimum absolute atomic E-state index is 0.180. The van der Waals surface area contributed by atoms with Crippen molar-refractivity contribution >= 4 is 23.2 Å². The third kappa shape index (κ3) is 5.39. The van der Waals surface area contributed by atoms with Crippen LogP contribution in [-0.4, -0.2) is 32.3 Å². The first kappa shape index (κ1) is 24.9. The lowest BCUT2D eigenvalue weighted by Gasteiger charge is -2.17. The van der Waals surface area contributed by atoms with Gasteiger partial charge in [-0.05, 0) is 31.9 Å². The molecule has 1 aromatic carbocycles. The molecule has 3 N–H and O–H groups in total. The Bertz CT molecular complexity index is 1310. The van der Waals surface area contributed by atoms with Crippen LogP contribution in [0.2, 0.25) is 0 Å². The van der Waals surface area contributed by atoms with Gasteiger partial charge in [0.2, 0.25) is 5.91 Å². The average molecular weight is 506 g/mol. The third-order valence-electron chi connectivity index (χ3n) is 5.50. The first-order chi connectivity index (χ1) is 17.0. The molecule has 8 nitrogen and oxygen atoms in total. The number of pyridine rings is 1. The van der Waals surface area contributed by atoms with Gasteiger partial charge in [0, 0.05) is 18.5 Å². The highest BCUT2D eigenvalue weighted by atomic mass is 19.4. The number of aromatic nitrogens is 3. The Morgan fingerprint density at radius 3 is 2.33 bits per heavy atom. The third-order valence-corrected chi connectivity index (χ3v) is 5.50. The Morgan fingerprint density at radius 1 is 1.03 bits per heavy atom. The number of carbonyl (C=O) groups is 2. The molecule has 1 aliphatic carbocycles. The summed E-state index contributed by atoms with van der Waals surface area (Å²) in [5.41, 5.74) is -3.51. The topological polar surface area (TPSA) is 109 Å². The summed E-state index contributed by atoms with van der Waals surface area (Å²) in [5, 5.41) is 7.34. The number of nitrogens with one attached hydrogen (secondary N) is 3. The van der Waals surface area contributed by atoms with Crippen LogP contribution in [0, 0.1) is 18.6 Å². The maximum Gasteiger partial charge on any atom is 0.418 e. The first-order valence-electron chi connectivity index (χ1n) is 10.7. The monoisotopic (exact) mass is 506 g/mol. The lowest BCUT2D eigenvalue weighted by atomic mass is 10.1. The van der Waals surface area contributed by atoms with Gasteiger partial charge in [-0.3, -0.25) is 14.6 Å². The molecule has 0 radical (unpaired) electrons. The molecule has 0 bridgehead atoms. The second-order valence-corrected chi connectivity index (χ2v) is 8.18. The van der Waals surface area contributed by atoms with Gasteiger partial charge in [0.1, 0.15) is 23.0 Å². The molecule has 4 rings (SSSR count). The molecular formula is C23H19F5N6O2. The lowest BCUT2D eigenvalue weighted by Crippen LogP contribution is -2.49. The van der Waals surface area contributed by atoms with E-state index in [1.807, 2.05) is 0 Å². The van der Waals surface area contributed by atoms with Crippen LogP contribution in [0.4, 0.5) is 33.3 Å². The van der Waals surface area contributed by atoms with E-state index in [4.69, 9.17) is 0 Å². The molecular weight excluding hydrogens is 487 g/mol. The van der Waals surface area contributed by atoms with Crippen molar-refractivity contribution in [3.05, 3.63) is 77.1 Å². The standard InChI is InChI=1S/C23H19F5N6O2/c1-12-29-8-13(9-30-12)20(35)34-22(5-6-22)21(36)32-11-18-17(25)7-14(10-31-18)33-19-15(23(26,27)28)3-2-4-16(19)24/h2-4,7-10,33H,5-6,11H2,1H3,(H,32,36)(H,34,35). The molecule has 0 aliphatic heterocycles. The summed E-state index contributed by atoms with van der Waals surface area (Å²) in [6, 6.07) is 3.28. The average Bonchev–Trinajstić information content (AvgIpc) is 3.60. The van der Waals surface area contributed by atoms with Gasteiger partial charge in [-0.2, -0.15) is 13.2 Å². The van der Waals surface area contributed by atoms with Crippen LogP contribution < -0.4 is 16.0 Å². The number of hydrogen-bond donors (Lipinski definition) is 3. The summed E-state index contributed by atoms with van der Waals surface area (Å²) in [5.74, 6) is -2.70. The predicted octanol–water partition coefficient (Wildman–Crippen LogP) is 3.80. The van der Waals surface area contributed by atoms with Crippen molar-refractivity contribution in [2.45, 2.75) is 38.0 Å². The van der Waals surface area contributed by atoms with Gasteiger partial charge in [-0.15, -0.1) is 0 Å². The second kappa shape index (κ2) is 9.47. The zero-order valence-corrected chi connectivity index (χ0v) is 18.7. The number of aryl methyl sites for hydroxylation is 1. The highest BCUT2D eigenvalue weighted by Gasteiger charge is 2.51. The summed E-state index contributed by atoms with van der Waals surface area (Å²) in [6.07, 6.45) is -0.399. The molecule has 1 aliphatic rings. The van der Waals surface area contributed by atoms with Gasteiger partial charge >= 0.3 is 6.18 Å². The van der Waals surface area contributed by atoms with Gasteiger partial charge in [-0.1, -0.05) is 6.07 Å². The van der Waals surface area contributed by atoms with Crippen molar-refractivity contribution in [3.8, 4) is 0 Å². The van der Waals surface area contributed by atoms with Crippen molar-refractivity contribution < 1.29 is 31.5 Å². The van der Waals surface area contributed by atoms with E-state index >= 15 is 0 Å². The van der Waals surface area contributed by atoms with Crippen molar-refractivity contribution in [1.29, 1.82) is 0 Å². The molecule has 2 heterocycles. The van der Waals surface area contributed by atoms with Gasteiger partial charge in [-0.25, -0.2) is 18.7 Å². The van der Waals surface area contributed by atoms with Crippen LogP contribution in [0.1, 0.15) is 40.3 Å². The fourth-order valence-electron chi connectivity index (χ4n) is 3.36. The highest BCUT2D eigenvalue weighted by Crippen LogP contribution is 2.38. The van der Waals surface area contributed by atoms with E-state index in [2.05, 4.69) is 30.9 Å². The quantitative estimate of drug-likeness (QED) is 0.421. The SMILES string of the molecule is Cc1ncc(C(=O)NC2(C(=O)NCc3ncc(Nc4c(F)cccc4C(F)(F)F)cc3F)CC2)cn1. The number of hydrogen-bond acceptors (Lipinski definition) is 6. The van der Waals surface area contributed by atoms with E-state index < -0.39 is 46.4 Å². The smallest absolute Gasteiger partial charge is 0.351 e. The number of halogens is 5. The maximum atomic E-state index is 14.6. The van der Waals surface area contributed by atoms with E-state index in [1.165, 1.54) is 12.4 Å². The highest BCUT2D eigenvalue weighted by molar-refractivity contribution is 6.00. The van der Waals surface area contributed by atoms with E-state index in [1.54, 1.807) is 6.92 Å². The normalized spacial score (nSPS) is 14.2. The minimum atomic E-state index is -4.83. The Morgan fingerprint density at radius 2 is 1.72 bits per heavy atom. The van der Waals surface area contributed by atoms with E-state index in [9.17, 15) is 31.5 Å². The molecule has 0 unspecified atom stereocenters. The van der Waals surface area contributed by atoms with Gasteiger partial charge in [0.15, 0.2) is 0 Å². The van der Waals surface area contributed by atoms with E-state index in [0.717, 1.165) is 24.4 Å². The molecule has 13 heteroatoms. The number of rotatable bonds is 7. The molecule has 0 atom stereocenters. The Labute approximate surface area is 201 Å². The van der Waals surface area contributed by atoms with Crippen LogP contribution in [0.3, 0.4) is 0 Å². The molecule has 0 spiro atoms. The summed E-state index contributed by atoms with van der Waals surface area (Å²) in [7, 11) is 0. The number of nitrogens with zero attached hydrogens (tertiary/aromatic N) is 3. The maximum absolute atomic E-state index is 14.6. The Hall–Kier alpha value is -4.16. The lowest BCUT2D eigenvalue weighted by molar-refractivity contribution is -0.137. The van der Waals surface area contributed by atoms with Gasteiger partial charge in [0.25, 0.3) is 5.91 Å². The first-order valence-corrected chi connectivity index (χ1v) is 10.7. The van der Waals surface area contributed by atoms with Gasteiger partial charge < -0.3 is 16.0 Å². The van der Waals surface area contributed by atoms with Crippen molar-refractivity contribution in [2.24, 2.45) is 0 Å². The van der Waals surface area contributed by atoms with E-state index in [-0.39, 0.29) is 23.5 Å². The second-order valence-electron chi connectivity index (χ2n) is 8.18. The zero-order valence-electron chi connectivity index (χ0n) is 18.7. The molecule has 1 fully saturated rings. The molecule has 3 aromatic rings. The zero-order chi connectivity index (χ0) is 26.1. The number of para-hydroxylation sites is 1. The van der Waals surface area contributed by atoms with Crippen molar-refractivity contribution in [3.63, 3.8) is 0 Å². The fraction of sp³-hybridized carbons (Fsp3) is 0.261. The molecule has 2 amide bonds.